The van der Waals surface area contributed by atoms with Gasteiger partial charge in [-0.1, -0.05) is 103 Å². The first kappa shape index (κ1) is 26.6. The summed E-state index contributed by atoms with van der Waals surface area (Å²) in [6, 6.07) is 35.2. The quantitative estimate of drug-likeness (QED) is 0.218. The molecule has 0 aliphatic carbocycles. The standard InChI is InChI=1S/C32H32N2O4/c35-23-22-34(21-20-25-10-4-1-5-11-25)32(37)33-30(31(36)38-29-14-8-3-9-15-29)24-26-16-18-28(19-17-26)27-12-6-2-7-13-27/h1-19,30,35H,20-24H2,(H,33,37)/t30-/m0/s1. The van der Waals surface area contributed by atoms with E-state index in [4.69, 9.17) is 4.74 Å². The lowest BCUT2D eigenvalue weighted by Crippen LogP contribution is -2.51. The monoisotopic (exact) mass is 508 g/mol. The number of urea groups is 1. The van der Waals surface area contributed by atoms with Crippen LogP contribution in [-0.2, 0) is 17.6 Å². The lowest BCUT2D eigenvalue weighted by molar-refractivity contribution is -0.136. The number of aliphatic hydroxyl groups excluding tert-OH is 1. The first-order chi connectivity index (χ1) is 18.6. The molecule has 0 unspecified atom stereocenters. The van der Waals surface area contributed by atoms with Crippen LogP contribution in [0.2, 0.25) is 0 Å². The van der Waals surface area contributed by atoms with Crippen LogP contribution in [0.5, 0.6) is 5.75 Å². The lowest BCUT2D eigenvalue weighted by Gasteiger charge is -2.25. The molecule has 4 aromatic carbocycles. The maximum atomic E-state index is 13.2. The van der Waals surface area contributed by atoms with E-state index in [1.54, 1.807) is 24.3 Å². The molecule has 0 aliphatic rings. The van der Waals surface area contributed by atoms with E-state index in [-0.39, 0.29) is 19.6 Å². The van der Waals surface area contributed by atoms with Crippen molar-refractivity contribution in [1.82, 2.24) is 10.2 Å². The van der Waals surface area contributed by atoms with Crippen molar-refractivity contribution >= 4 is 12.0 Å². The number of aliphatic hydroxyl groups is 1. The SMILES string of the molecule is O=C(Oc1ccccc1)[C@H](Cc1ccc(-c2ccccc2)cc1)NC(=O)N(CCO)CCc1ccccc1. The van der Waals surface area contributed by atoms with E-state index >= 15 is 0 Å². The number of nitrogens with zero attached hydrogens (tertiary/aromatic N) is 1. The van der Waals surface area contributed by atoms with Crippen molar-refractivity contribution in [2.75, 3.05) is 19.7 Å². The summed E-state index contributed by atoms with van der Waals surface area (Å²) in [7, 11) is 0. The number of esters is 1. The van der Waals surface area contributed by atoms with Crippen LogP contribution in [0.1, 0.15) is 11.1 Å². The molecule has 0 saturated heterocycles. The number of rotatable bonds is 11. The van der Waals surface area contributed by atoms with E-state index in [1.807, 2.05) is 91.0 Å². The van der Waals surface area contributed by atoms with Crippen molar-refractivity contribution in [2.24, 2.45) is 0 Å². The third-order valence-corrected chi connectivity index (χ3v) is 6.22. The van der Waals surface area contributed by atoms with Gasteiger partial charge in [0, 0.05) is 19.5 Å². The molecule has 6 heteroatoms. The van der Waals surface area contributed by atoms with Gasteiger partial charge in [0.05, 0.1) is 6.61 Å². The fourth-order valence-electron chi connectivity index (χ4n) is 4.15. The smallest absolute Gasteiger partial charge is 0.334 e. The summed E-state index contributed by atoms with van der Waals surface area (Å²) in [6.07, 6.45) is 0.895. The highest BCUT2D eigenvalue weighted by atomic mass is 16.5. The molecule has 1 atom stereocenters. The van der Waals surface area contributed by atoms with Gasteiger partial charge in [-0.2, -0.15) is 0 Å². The molecule has 0 spiro atoms. The van der Waals surface area contributed by atoms with Crippen molar-refractivity contribution in [3.8, 4) is 16.9 Å². The van der Waals surface area contributed by atoms with E-state index in [0.29, 0.717) is 18.7 Å². The zero-order valence-electron chi connectivity index (χ0n) is 21.2. The third-order valence-electron chi connectivity index (χ3n) is 6.22. The second-order valence-corrected chi connectivity index (χ2v) is 8.95. The van der Waals surface area contributed by atoms with Gasteiger partial charge < -0.3 is 20.1 Å². The predicted octanol–water partition coefficient (Wildman–Crippen LogP) is 5.12. The summed E-state index contributed by atoms with van der Waals surface area (Å²) in [5.41, 5.74) is 4.14. The Morgan fingerprint density at radius 1 is 0.711 bits per heavy atom. The molecule has 0 heterocycles. The topological polar surface area (TPSA) is 78.9 Å². The van der Waals surface area contributed by atoms with Crippen molar-refractivity contribution in [3.63, 3.8) is 0 Å². The van der Waals surface area contributed by atoms with Crippen LogP contribution in [0.25, 0.3) is 11.1 Å². The zero-order valence-corrected chi connectivity index (χ0v) is 21.2. The van der Waals surface area contributed by atoms with E-state index in [2.05, 4.69) is 5.32 Å². The average Bonchev–Trinajstić information content (AvgIpc) is 2.96. The molecule has 0 bridgehead atoms. The Hall–Kier alpha value is -4.42. The molecular formula is C32H32N2O4. The fraction of sp³-hybridized carbons (Fsp3) is 0.188. The summed E-state index contributed by atoms with van der Waals surface area (Å²) >= 11 is 0. The third kappa shape index (κ3) is 7.79. The molecule has 4 aromatic rings. The minimum Gasteiger partial charge on any atom is -0.425 e. The summed E-state index contributed by atoms with van der Waals surface area (Å²) < 4.78 is 5.59. The summed E-state index contributed by atoms with van der Waals surface area (Å²) in [5, 5.41) is 12.4. The van der Waals surface area contributed by atoms with E-state index in [0.717, 1.165) is 22.3 Å². The number of hydrogen-bond donors (Lipinski definition) is 2. The van der Waals surface area contributed by atoms with Gasteiger partial charge in [0.15, 0.2) is 0 Å². The minimum atomic E-state index is -0.914. The molecule has 0 saturated carbocycles. The number of benzene rings is 4. The Morgan fingerprint density at radius 3 is 1.92 bits per heavy atom. The number of para-hydroxylation sites is 1. The Morgan fingerprint density at radius 2 is 1.29 bits per heavy atom. The molecule has 194 valence electrons. The van der Waals surface area contributed by atoms with Crippen LogP contribution in [0.4, 0.5) is 4.79 Å². The number of carbonyl (C=O) groups excluding carboxylic acids is 2. The Bertz CT molecular complexity index is 1280. The Labute approximate surface area is 223 Å². The molecule has 4 rings (SSSR count). The van der Waals surface area contributed by atoms with Crippen LogP contribution in [0.15, 0.2) is 115 Å². The zero-order chi connectivity index (χ0) is 26.6. The van der Waals surface area contributed by atoms with Gasteiger partial charge >= 0.3 is 12.0 Å². The number of hydrogen-bond acceptors (Lipinski definition) is 4. The molecule has 6 nitrogen and oxygen atoms in total. The van der Waals surface area contributed by atoms with Gasteiger partial charge in [-0.15, -0.1) is 0 Å². The molecular weight excluding hydrogens is 476 g/mol. The maximum absolute atomic E-state index is 13.2. The second-order valence-electron chi connectivity index (χ2n) is 8.95. The summed E-state index contributed by atoms with van der Waals surface area (Å²) in [6.45, 7) is 0.385. The molecule has 2 N–H and O–H groups in total. The van der Waals surface area contributed by atoms with Gasteiger partial charge in [-0.3, -0.25) is 0 Å². The van der Waals surface area contributed by atoms with Gasteiger partial charge in [0.2, 0.25) is 0 Å². The predicted molar refractivity (Wildman–Crippen MR) is 149 cm³/mol. The molecule has 0 aliphatic heterocycles. The first-order valence-corrected chi connectivity index (χ1v) is 12.7. The van der Waals surface area contributed by atoms with Crippen LogP contribution in [-0.4, -0.2) is 47.7 Å². The Balaban J connectivity index is 1.48. The van der Waals surface area contributed by atoms with Crippen molar-refractivity contribution in [3.05, 3.63) is 126 Å². The Kier molecular flexibility index (Phi) is 9.65. The highest BCUT2D eigenvalue weighted by Crippen LogP contribution is 2.20. The molecule has 0 aromatic heterocycles. The van der Waals surface area contributed by atoms with Gasteiger partial charge in [-0.25, -0.2) is 9.59 Å². The van der Waals surface area contributed by atoms with Crippen LogP contribution in [0.3, 0.4) is 0 Å². The van der Waals surface area contributed by atoms with Crippen LogP contribution >= 0.6 is 0 Å². The van der Waals surface area contributed by atoms with Crippen molar-refractivity contribution in [1.29, 1.82) is 0 Å². The van der Waals surface area contributed by atoms with Crippen molar-refractivity contribution in [2.45, 2.75) is 18.9 Å². The van der Waals surface area contributed by atoms with E-state index in [9.17, 15) is 14.7 Å². The molecule has 2 amide bonds. The number of nitrogens with one attached hydrogen (secondary N) is 1. The van der Waals surface area contributed by atoms with Gasteiger partial charge in [0.1, 0.15) is 11.8 Å². The van der Waals surface area contributed by atoms with Gasteiger partial charge in [-0.05, 0) is 40.8 Å². The minimum absolute atomic E-state index is 0.158. The fourth-order valence-corrected chi connectivity index (χ4v) is 4.15. The first-order valence-electron chi connectivity index (χ1n) is 12.7. The maximum Gasteiger partial charge on any atom is 0.334 e. The van der Waals surface area contributed by atoms with E-state index in [1.165, 1.54) is 4.90 Å². The molecule has 0 fully saturated rings. The van der Waals surface area contributed by atoms with Crippen molar-refractivity contribution < 1.29 is 19.4 Å². The molecule has 0 radical (unpaired) electrons. The normalized spacial score (nSPS) is 11.4. The number of ether oxygens (including phenoxy) is 1. The molecule has 38 heavy (non-hydrogen) atoms. The van der Waals surface area contributed by atoms with Crippen LogP contribution in [0, 0.1) is 0 Å². The summed E-state index contributed by atoms with van der Waals surface area (Å²) in [4.78, 5) is 28.0. The number of carbonyl (C=O) groups is 2. The highest BCUT2D eigenvalue weighted by molar-refractivity contribution is 5.85. The van der Waals surface area contributed by atoms with Crippen LogP contribution < -0.4 is 10.1 Å². The second kappa shape index (κ2) is 13.8. The largest absolute Gasteiger partial charge is 0.425 e. The average molecular weight is 509 g/mol. The highest BCUT2D eigenvalue weighted by Gasteiger charge is 2.26. The van der Waals surface area contributed by atoms with Gasteiger partial charge in [0.25, 0.3) is 0 Å². The lowest BCUT2D eigenvalue weighted by atomic mass is 10.0. The number of amides is 2. The summed E-state index contributed by atoms with van der Waals surface area (Å²) in [5.74, 6) is -0.142. The van der Waals surface area contributed by atoms with E-state index < -0.39 is 18.0 Å².